The topological polar surface area (TPSA) is 21.8 Å². The molecule has 178 valence electrons. The quantitative estimate of drug-likeness (QED) is 0.453. The van der Waals surface area contributed by atoms with Crippen molar-refractivity contribution in [2.45, 2.75) is 108 Å². The van der Waals surface area contributed by atoms with E-state index in [1.165, 1.54) is 88.4 Å². The molecule has 1 heterocycles. The Morgan fingerprint density at radius 1 is 0.727 bits per heavy atom. The lowest BCUT2D eigenvalue weighted by Crippen LogP contribution is -2.51. The van der Waals surface area contributed by atoms with E-state index in [9.17, 15) is 0 Å². The van der Waals surface area contributed by atoms with Crippen molar-refractivity contribution in [2.24, 2.45) is 35.5 Å². The first-order valence-electron chi connectivity index (χ1n) is 14.4. The van der Waals surface area contributed by atoms with Crippen molar-refractivity contribution in [3.63, 3.8) is 0 Å². The lowest BCUT2D eigenvalue weighted by Gasteiger charge is -2.59. The van der Waals surface area contributed by atoms with Crippen molar-refractivity contribution in [2.75, 3.05) is 13.2 Å². The fourth-order valence-electron chi connectivity index (χ4n) is 11.7. The maximum Gasteiger partial charge on any atom is 0.123 e. The molecule has 1 atom stereocenters. The molecular weight excluding hydrogens is 404 g/mol. The number of rotatable bonds is 5. The fourth-order valence-corrected chi connectivity index (χ4v) is 11.7. The highest BCUT2D eigenvalue weighted by molar-refractivity contribution is 5.56. The zero-order chi connectivity index (χ0) is 21.9. The highest BCUT2D eigenvalue weighted by Crippen LogP contribution is 2.65. The zero-order valence-corrected chi connectivity index (χ0v) is 20.8. The largest absolute Gasteiger partial charge is 0.490 e. The van der Waals surface area contributed by atoms with Gasteiger partial charge >= 0.3 is 0 Å². The zero-order valence-electron chi connectivity index (χ0n) is 20.8. The Morgan fingerprint density at radius 3 is 1.58 bits per heavy atom. The second-order valence-corrected chi connectivity index (χ2v) is 14.2. The van der Waals surface area contributed by atoms with E-state index in [0.29, 0.717) is 16.9 Å². The molecule has 2 heteroatoms. The first-order chi connectivity index (χ1) is 16.0. The normalized spacial score (nSPS) is 48.5. The lowest BCUT2D eigenvalue weighted by molar-refractivity contribution is -0.00994. The molecule has 2 nitrogen and oxygen atoms in total. The van der Waals surface area contributed by atoms with Gasteiger partial charge < -0.3 is 9.47 Å². The van der Waals surface area contributed by atoms with Gasteiger partial charge in [-0.15, -0.1) is 0 Å². The van der Waals surface area contributed by atoms with E-state index in [2.05, 4.69) is 19.9 Å². The summed E-state index contributed by atoms with van der Waals surface area (Å²) in [6.45, 7) is 6.59. The van der Waals surface area contributed by atoms with Crippen LogP contribution in [0.1, 0.15) is 99.3 Å². The molecular formula is C31H42O2. The number of hydrogen-bond acceptors (Lipinski definition) is 2. The summed E-state index contributed by atoms with van der Waals surface area (Å²) in [7, 11) is 0. The van der Waals surface area contributed by atoms with E-state index in [4.69, 9.17) is 9.47 Å². The van der Waals surface area contributed by atoms with Crippen molar-refractivity contribution >= 4 is 0 Å². The van der Waals surface area contributed by atoms with Crippen LogP contribution in [0.15, 0.2) is 6.07 Å². The molecule has 8 aliphatic carbocycles. The highest BCUT2D eigenvalue weighted by Gasteiger charge is 2.56. The van der Waals surface area contributed by atoms with Crippen LogP contribution in [0.2, 0.25) is 0 Å². The average Bonchev–Trinajstić information content (AvgIpc) is 3.54. The Bertz CT molecular complexity index is 915. The van der Waals surface area contributed by atoms with Crippen LogP contribution in [-0.2, 0) is 15.6 Å². The van der Waals surface area contributed by atoms with Gasteiger partial charge in [-0.3, -0.25) is 0 Å². The summed E-state index contributed by atoms with van der Waals surface area (Å²) in [6, 6.07) is 2.51. The highest BCUT2D eigenvalue weighted by atomic mass is 16.6. The van der Waals surface area contributed by atoms with Gasteiger partial charge in [0.15, 0.2) is 0 Å². The van der Waals surface area contributed by atoms with Gasteiger partial charge in [-0.2, -0.15) is 0 Å². The van der Waals surface area contributed by atoms with Crippen molar-refractivity contribution in [3.05, 3.63) is 28.3 Å². The van der Waals surface area contributed by atoms with Gasteiger partial charge in [0, 0.05) is 11.0 Å². The summed E-state index contributed by atoms with van der Waals surface area (Å²) in [5, 5.41) is 0. The average molecular weight is 447 g/mol. The molecule has 8 bridgehead atoms. The monoisotopic (exact) mass is 446 g/mol. The molecule has 9 aliphatic rings. The molecule has 8 saturated carbocycles. The van der Waals surface area contributed by atoms with Crippen molar-refractivity contribution in [1.29, 1.82) is 0 Å². The van der Waals surface area contributed by atoms with Crippen molar-refractivity contribution < 1.29 is 9.47 Å². The molecule has 1 saturated heterocycles. The summed E-state index contributed by atoms with van der Waals surface area (Å²) in [6.07, 6.45) is 18.2. The van der Waals surface area contributed by atoms with Crippen LogP contribution < -0.4 is 4.74 Å². The van der Waals surface area contributed by atoms with E-state index in [-0.39, 0.29) is 0 Å². The molecule has 0 spiro atoms. The minimum absolute atomic E-state index is 0.331. The summed E-state index contributed by atoms with van der Waals surface area (Å²) in [4.78, 5) is 0. The molecule has 1 aromatic rings. The van der Waals surface area contributed by atoms with Crippen molar-refractivity contribution in [3.8, 4) is 5.75 Å². The van der Waals surface area contributed by atoms with E-state index in [1.54, 1.807) is 16.7 Å². The summed E-state index contributed by atoms with van der Waals surface area (Å²) in [5.74, 6) is 7.16. The predicted octanol–water partition coefficient (Wildman–Crippen LogP) is 7.02. The van der Waals surface area contributed by atoms with Crippen LogP contribution in [-0.4, -0.2) is 19.3 Å². The van der Waals surface area contributed by atoms with Gasteiger partial charge in [0.2, 0.25) is 0 Å². The smallest absolute Gasteiger partial charge is 0.123 e. The number of ether oxygens (including phenoxy) is 2. The van der Waals surface area contributed by atoms with E-state index in [1.807, 2.05) is 0 Å². The SMILES string of the molecule is Cc1cc(OCC2CO2)c(C23CC4CC(CC(C4)C2)C3)c(C)c1C12CC3CC(CC(C3)C1)C2. The Kier molecular flexibility index (Phi) is 4.16. The number of benzene rings is 1. The molecule has 10 rings (SSSR count). The van der Waals surface area contributed by atoms with Gasteiger partial charge in [0.25, 0.3) is 0 Å². The van der Waals surface area contributed by atoms with Gasteiger partial charge in [-0.05, 0) is 155 Å². The van der Waals surface area contributed by atoms with E-state index < -0.39 is 0 Å². The van der Waals surface area contributed by atoms with Gasteiger partial charge in [0.05, 0.1) is 6.61 Å². The first kappa shape index (κ1) is 20.2. The van der Waals surface area contributed by atoms with Gasteiger partial charge in [0.1, 0.15) is 18.5 Å². The Hall–Kier alpha value is -1.02. The third-order valence-electron chi connectivity index (χ3n) is 11.7. The number of aryl methyl sites for hydroxylation is 1. The van der Waals surface area contributed by atoms with Crippen LogP contribution in [0.4, 0.5) is 0 Å². The standard InChI is InChI=1S/C31H42O2/c1-18-3-27(33-17-26-16-32-26)29(31-13-23-7-24(14-31)9-25(8-23)15-31)19(2)28(18)30-10-20-4-21(11-30)6-22(5-20)12-30/h3,20-26H,4-17H2,1-2H3. The van der Waals surface area contributed by atoms with Crippen LogP contribution >= 0.6 is 0 Å². The molecule has 33 heavy (non-hydrogen) atoms. The Labute approximate surface area is 200 Å². The Balaban J connectivity index is 1.28. The molecule has 1 aromatic carbocycles. The Morgan fingerprint density at radius 2 is 1.15 bits per heavy atom. The number of hydrogen-bond donors (Lipinski definition) is 0. The molecule has 1 aliphatic heterocycles. The summed E-state index contributed by atoms with van der Waals surface area (Å²) < 4.78 is 12.2. The van der Waals surface area contributed by atoms with Gasteiger partial charge in [-0.25, -0.2) is 0 Å². The van der Waals surface area contributed by atoms with E-state index in [0.717, 1.165) is 48.7 Å². The maximum absolute atomic E-state index is 6.66. The third kappa shape index (κ3) is 3.01. The molecule has 1 unspecified atom stereocenters. The number of epoxide rings is 1. The van der Waals surface area contributed by atoms with Crippen LogP contribution in [0.3, 0.4) is 0 Å². The minimum atomic E-state index is 0.331. The first-order valence-corrected chi connectivity index (χ1v) is 14.4. The van der Waals surface area contributed by atoms with Crippen LogP contribution in [0, 0.1) is 49.4 Å². The van der Waals surface area contributed by atoms with Crippen LogP contribution in [0.5, 0.6) is 5.75 Å². The maximum atomic E-state index is 6.66. The predicted molar refractivity (Wildman–Crippen MR) is 131 cm³/mol. The van der Waals surface area contributed by atoms with E-state index >= 15 is 0 Å². The second kappa shape index (κ2) is 6.80. The van der Waals surface area contributed by atoms with Gasteiger partial charge in [-0.1, -0.05) is 0 Å². The molecule has 0 amide bonds. The second-order valence-electron chi connectivity index (χ2n) is 14.2. The molecule has 0 N–H and O–H groups in total. The molecule has 0 radical (unpaired) electrons. The van der Waals surface area contributed by atoms with Crippen molar-refractivity contribution in [1.82, 2.24) is 0 Å². The fraction of sp³-hybridized carbons (Fsp3) is 0.806. The molecule has 0 aromatic heterocycles. The molecule has 9 fully saturated rings. The lowest BCUT2D eigenvalue weighted by atomic mass is 9.45. The van der Waals surface area contributed by atoms with Crippen LogP contribution in [0.25, 0.3) is 0 Å². The summed E-state index contributed by atoms with van der Waals surface area (Å²) in [5.41, 5.74) is 7.54. The minimum Gasteiger partial charge on any atom is -0.490 e. The third-order valence-corrected chi connectivity index (χ3v) is 11.7. The summed E-state index contributed by atoms with van der Waals surface area (Å²) >= 11 is 0.